The van der Waals surface area contributed by atoms with E-state index in [9.17, 15) is 0 Å². The fourth-order valence-corrected chi connectivity index (χ4v) is 2.58. The van der Waals surface area contributed by atoms with Crippen LogP contribution >= 0.6 is 0 Å². The number of hydrogen-bond acceptors (Lipinski definition) is 4. The smallest absolute Gasteiger partial charge is 0.130 e. The van der Waals surface area contributed by atoms with Crippen molar-refractivity contribution >= 4 is 0 Å². The number of ether oxygens (including phenoxy) is 2. The molecule has 0 saturated carbocycles. The molecule has 1 aromatic carbocycles. The average Bonchev–Trinajstić information content (AvgIpc) is 2.97. The summed E-state index contributed by atoms with van der Waals surface area (Å²) in [6, 6.07) is 5.72. The number of aryl methyl sites for hydroxylation is 1. The monoisotopic (exact) mass is 289 g/mol. The average molecular weight is 289 g/mol. The Hall–Kier alpha value is -2.01. The molecule has 0 bridgehead atoms. The molecule has 5 heteroatoms. The summed E-state index contributed by atoms with van der Waals surface area (Å²) in [5, 5.41) is 3.33. The number of hydrogen-bond donors (Lipinski definition) is 1. The highest BCUT2D eigenvalue weighted by atomic mass is 16.5. The molecule has 0 aliphatic rings. The molecule has 1 atom stereocenters. The van der Waals surface area contributed by atoms with Crippen LogP contribution in [-0.2, 0) is 6.54 Å². The number of methoxy groups -OCH3 is 2. The Balaban J connectivity index is 2.53. The molecule has 0 saturated heterocycles. The van der Waals surface area contributed by atoms with Gasteiger partial charge in [-0.3, -0.25) is 0 Å². The van der Waals surface area contributed by atoms with Crippen LogP contribution in [0.4, 0.5) is 0 Å². The van der Waals surface area contributed by atoms with Crippen molar-refractivity contribution in [1.29, 1.82) is 0 Å². The van der Waals surface area contributed by atoms with Crippen LogP contribution in [0.2, 0.25) is 0 Å². The van der Waals surface area contributed by atoms with Crippen molar-refractivity contribution in [2.75, 3.05) is 21.3 Å². The van der Waals surface area contributed by atoms with Crippen LogP contribution in [-0.4, -0.2) is 30.8 Å². The molecule has 5 nitrogen and oxygen atoms in total. The topological polar surface area (TPSA) is 48.3 Å². The first-order valence-corrected chi connectivity index (χ1v) is 7.16. The number of nitrogens with one attached hydrogen (secondary N) is 1. The van der Waals surface area contributed by atoms with Crippen LogP contribution in [0.3, 0.4) is 0 Å². The predicted molar refractivity (Wildman–Crippen MR) is 83.0 cm³/mol. The second-order valence-electron chi connectivity index (χ2n) is 4.78. The molecule has 21 heavy (non-hydrogen) atoms. The molecule has 0 spiro atoms. The molecule has 1 N–H and O–H groups in total. The number of rotatable bonds is 7. The first-order valence-electron chi connectivity index (χ1n) is 7.16. The van der Waals surface area contributed by atoms with Gasteiger partial charge in [0.25, 0.3) is 0 Å². The van der Waals surface area contributed by atoms with Gasteiger partial charge in [0, 0.05) is 18.9 Å². The summed E-state index contributed by atoms with van der Waals surface area (Å²) in [7, 11) is 5.26. The highest BCUT2D eigenvalue weighted by molar-refractivity contribution is 5.49. The summed E-state index contributed by atoms with van der Waals surface area (Å²) >= 11 is 0. The van der Waals surface area contributed by atoms with E-state index in [0.717, 1.165) is 35.9 Å². The fourth-order valence-electron chi connectivity index (χ4n) is 2.58. The van der Waals surface area contributed by atoms with Gasteiger partial charge < -0.3 is 19.4 Å². The lowest BCUT2D eigenvalue weighted by atomic mass is 10.0. The Morgan fingerprint density at radius 2 is 1.90 bits per heavy atom. The SMILES string of the molecule is CCCn1ccnc1C(NC)c1c(OC)cccc1OC. The minimum absolute atomic E-state index is 0.0855. The number of benzene rings is 1. The van der Waals surface area contributed by atoms with Gasteiger partial charge in [0.1, 0.15) is 17.3 Å². The van der Waals surface area contributed by atoms with Crippen molar-refractivity contribution in [3.8, 4) is 11.5 Å². The van der Waals surface area contributed by atoms with Crippen molar-refractivity contribution in [3.05, 3.63) is 42.0 Å². The summed E-state index contributed by atoms with van der Waals surface area (Å²) in [6.45, 7) is 3.09. The van der Waals surface area contributed by atoms with Crippen LogP contribution in [0, 0.1) is 0 Å². The molecule has 2 rings (SSSR count). The molecule has 0 aliphatic carbocycles. The first-order chi connectivity index (χ1) is 10.3. The van der Waals surface area contributed by atoms with E-state index in [-0.39, 0.29) is 6.04 Å². The van der Waals surface area contributed by atoms with Crippen LogP contribution in [0.25, 0.3) is 0 Å². The summed E-state index contributed by atoms with van der Waals surface area (Å²) in [4.78, 5) is 4.52. The molecule has 0 fully saturated rings. The van der Waals surface area contributed by atoms with E-state index in [1.807, 2.05) is 37.6 Å². The standard InChI is InChI=1S/C16H23N3O2/c1-5-10-19-11-9-18-16(19)15(17-2)14-12(20-3)7-6-8-13(14)21-4/h6-9,11,15,17H,5,10H2,1-4H3. The number of aromatic nitrogens is 2. The second-order valence-corrected chi connectivity index (χ2v) is 4.78. The summed E-state index contributed by atoms with van der Waals surface area (Å²) < 4.78 is 13.2. The van der Waals surface area contributed by atoms with Crippen LogP contribution < -0.4 is 14.8 Å². The van der Waals surface area contributed by atoms with Gasteiger partial charge >= 0.3 is 0 Å². The van der Waals surface area contributed by atoms with E-state index in [4.69, 9.17) is 9.47 Å². The van der Waals surface area contributed by atoms with Crippen molar-refractivity contribution in [3.63, 3.8) is 0 Å². The molecule has 2 aromatic rings. The van der Waals surface area contributed by atoms with Crippen molar-refractivity contribution in [2.24, 2.45) is 0 Å². The zero-order chi connectivity index (χ0) is 15.2. The molecular weight excluding hydrogens is 266 g/mol. The normalized spacial score (nSPS) is 12.2. The maximum Gasteiger partial charge on any atom is 0.130 e. The molecule has 1 aromatic heterocycles. The van der Waals surface area contributed by atoms with E-state index in [2.05, 4.69) is 21.8 Å². The minimum atomic E-state index is -0.0855. The number of imidazole rings is 1. The van der Waals surface area contributed by atoms with E-state index >= 15 is 0 Å². The van der Waals surface area contributed by atoms with E-state index in [1.54, 1.807) is 14.2 Å². The Kier molecular flexibility index (Phi) is 5.22. The van der Waals surface area contributed by atoms with Gasteiger partial charge in [-0.05, 0) is 25.6 Å². The highest BCUT2D eigenvalue weighted by Gasteiger charge is 2.24. The van der Waals surface area contributed by atoms with Gasteiger partial charge in [-0.15, -0.1) is 0 Å². The number of nitrogens with zero attached hydrogens (tertiary/aromatic N) is 2. The third-order valence-electron chi connectivity index (χ3n) is 3.51. The first kappa shape index (κ1) is 15.4. The highest BCUT2D eigenvalue weighted by Crippen LogP contribution is 2.36. The lowest BCUT2D eigenvalue weighted by Gasteiger charge is -2.22. The molecule has 1 heterocycles. The zero-order valence-electron chi connectivity index (χ0n) is 13.1. The van der Waals surface area contributed by atoms with Crippen molar-refractivity contribution in [1.82, 2.24) is 14.9 Å². The predicted octanol–water partition coefficient (Wildman–Crippen LogP) is 2.62. The molecular formula is C16H23N3O2. The van der Waals surface area contributed by atoms with Crippen molar-refractivity contribution < 1.29 is 9.47 Å². The van der Waals surface area contributed by atoms with Gasteiger partial charge in [-0.2, -0.15) is 0 Å². The van der Waals surface area contributed by atoms with E-state index < -0.39 is 0 Å². The van der Waals surface area contributed by atoms with E-state index in [1.165, 1.54) is 0 Å². The maximum atomic E-state index is 5.51. The minimum Gasteiger partial charge on any atom is -0.496 e. The Morgan fingerprint density at radius 1 is 1.24 bits per heavy atom. The maximum absolute atomic E-state index is 5.51. The van der Waals surface area contributed by atoms with Gasteiger partial charge in [0.15, 0.2) is 0 Å². The third kappa shape index (κ3) is 3.03. The van der Waals surface area contributed by atoms with E-state index in [0.29, 0.717) is 0 Å². The Labute approximate surface area is 125 Å². The molecule has 0 radical (unpaired) electrons. The van der Waals surface area contributed by atoms with Crippen LogP contribution in [0.1, 0.15) is 30.8 Å². The van der Waals surface area contributed by atoms with Crippen molar-refractivity contribution in [2.45, 2.75) is 25.9 Å². The summed E-state index contributed by atoms with van der Waals surface area (Å²) in [5.74, 6) is 2.54. The van der Waals surface area contributed by atoms with Gasteiger partial charge in [-0.25, -0.2) is 4.98 Å². The molecule has 1 unspecified atom stereocenters. The van der Waals surface area contributed by atoms with Gasteiger partial charge in [-0.1, -0.05) is 13.0 Å². The van der Waals surface area contributed by atoms with Gasteiger partial charge in [0.2, 0.25) is 0 Å². The lowest BCUT2D eigenvalue weighted by Crippen LogP contribution is -2.23. The van der Waals surface area contributed by atoms with Crippen LogP contribution in [0.5, 0.6) is 11.5 Å². The summed E-state index contributed by atoms with van der Waals surface area (Å²) in [5.41, 5.74) is 0.966. The largest absolute Gasteiger partial charge is 0.496 e. The molecule has 114 valence electrons. The fraction of sp³-hybridized carbons (Fsp3) is 0.438. The summed E-state index contributed by atoms with van der Waals surface area (Å²) in [6.07, 6.45) is 4.89. The lowest BCUT2D eigenvalue weighted by molar-refractivity contribution is 0.376. The zero-order valence-corrected chi connectivity index (χ0v) is 13.1. The molecule has 0 amide bonds. The third-order valence-corrected chi connectivity index (χ3v) is 3.51. The van der Waals surface area contributed by atoms with Gasteiger partial charge in [0.05, 0.1) is 25.8 Å². The van der Waals surface area contributed by atoms with Crippen LogP contribution in [0.15, 0.2) is 30.6 Å². The quantitative estimate of drug-likeness (QED) is 0.851. The Bertz CT molecular complexity index is 558. The second kappa shape index (κ2) is 7.13. The molecule has 0 aliphatic heterocycles. The Morgan fingerprint density at radius 3 is 2.43 bits per heavy atom.